The first kappa shape index (κ1) is 15.5. The molecule has 0 bridgehead atoms. The average Bonchev–Trinajstić information content (AvgIpc) is 2.88. The monoisotopic (exact) mass is 310 g/mol. The van der Waals surface area contributed by atoms with Gasteiger partial charge in [0, 0.05) is 30.7 Å². The summed E-state index contributed by atoms with van der Waals surface area (Å²) >= 11 is 0. The Hall–Kier alpha value is -2.43. The number of aromatic nitrogens is 2. The molecule has 5 heteroatoms. The lowest BCUT2D eigenvalue weighted by molar-refractivity contribution is 0.0981. The average molecular weight is 310 g/mol. The molecule has 23 heavy (non-hydrogen) atoms. The van der Waals surface area contributed by atoms with Crippen LogP contribution in [0.15, 0.2) is 36.7 Å². The van der Waals surface area contributed by atoms with E-state index in [1.54, 1.807) is 12.4 Å². The molecule has 1 aromatic carbocycles. The van der Waals surface area contributed by atoms with Gasteiger partial charge in [-0.15, -0.1) is 0 Å². The summed E-state index contributed by atoms with van der Waals surface area (Å²) < 4.78 is 0. The van der Waals surface area contributed by atoms with Crippen LogP contribution in [-0.2, 0) is 6.42 Å². The van der Waals surface area contributed by atoms with E-state index in [9.17, 15) is 4.79 Å². The predicted octanol–water partition coefficient (Wildman–Crippen LogP) is 3.14. The number of para-hydroxylation sites is 1. The molecule has 0 radical (unpaired) electrons. The van der Waals surface area contributed by atoms with Gasteiger partial charge in [-0.3, -0.25) is 4.79 Å². The van der Waals surface area contributed by atoms with Gasteiger partial charge in [0.05, 0.1) is 5.56 Å². The Bertz CT molecular complexity index is 696. The van der Waals surface area contributed by atoms with Gasteiger partial charge in [0.25, 0.3) is 5.91 Å². The molecule has 1 amide bonds. The van der Waals surface area contributed by atoms with Crippen LogP contribution in [0.4, 0.5) is 11.6 Å². The summed E-state index contributed by atoms with van der Waals surface area (Å²) in [6.07, 6.45) is 4.09. The van der Waals surface area contributed by atoms with Crippen LogP contribution >= 0.6 is 0 Å². The van der Waals surface area contributed by atoms with Gasteiger partial charge in [-0.25, -0.2) is 9.97 Å². The van der Waals surface area contributed by atoms with Crippen LogP contribution in [0.25, 0.3) is 0 Å². The molecule has 1 aromatic heterocycles. The second kappa shape index (κ2) is 6.36. The Morgan fingerprint density at radius 1 is 1.30 bits per heavy atom. The van der Waals surface area contributed by atoms with Crippen LogP contribution in [0, 0.1) is 5.92 Å². The van der Waals surface area contributed by atoms with E-state index < -0.39 is 0 Å². The number of amides is 1. The number of anilines is 2. The number of hydrogen-bond acceptors (Lipinski definition) is 4. The van der Waals surface area contributed by atoms with E-state index in [0.29, 0.717) is 17.4 Å². The number of fused-ring (bicyclic) bond motifs is 1. The summed E-state index contributed by atoms with van der Waals surface area (Å²) in [5, 5.41) is 3.16. The maximum absolute atomic E-state index is 12.8. The summed E-state index contributed by atoms with van der Waals surface area (Å²) in [6.45, 7) is 7.12. The molecular weight excluding hydrogens is 288 g/mol. The van der Waals surface area contributed by atoms with Crippen LogP contribution in [0.2, 0.25) is 0 Å². The summed E-state index contributed by atoms with van der Waals surface area (Å²) in [4.78, 5) is 23.2. The van der Waals surface area contributed by atoms with Gasteiger partial charge in [-0.2, -0.15) is 0 Å². The van der Waals surface area contributed by atoms with Gasteiger partial charge in [-0.1, -0.05) is 32.0 Å². The molecule has 2 aromatic rings. The Labute approximate surface area is 136 Å². The third kappa shape index (κ3) is 3.18. The van der Waals surface area contributed by atoms with Gasteiger partial charge in [0.1, 0.15) is 0 Å². The van der Waals surface area contributed by atoms with E-state index in [1.807, 2.05) is 23.1 Å². The van der Waals surface area contributed by atoms with E-state index in [1.165, 1.54) is 5.56 Å². The van der Waals surface area contributed by atoms with Crippen LogP contribution < -0.4 is 10.2 Å². The van der Waals surface area contributed by atoms with Crippen molar-refractivity contribution in [2.75, 3.05) is 16.8 Å². The first-order chi connectivity index (χ1) is 11.1. The number of carbonyl (C=O) groups is 1. The number of rotatable bonds is 4. The number of carbonyl (C=O) groups excluding carboxylic acids is 1. The van der Waals surface area contributed by atoms with Crippen molar-refractivity contribution < 1.29 is 4.79 Å². The van der Waals surface area contributed by atoms with Crippen LogP contribution in [-0.4, -0.2) is 28.5 Å². The van der Waals surface area contributed by atoms with Crippen molar-refractivity contribution in [1.29, 1.82) is 0 Å². The lowest BCUT2D eigenvalue weighted by Gasteiger charge is -2.22. The number of benzene rings is 1. The van der Waals surface area contributed by atoms with Crippen molar-refractivity contribution in [2.45, 2.75) is 33.2 Å². The molecule has 120 valence electrons. The van der Waals surface area contributed by atoms with Crippen molar-refractivity contribution in [3.8, 4) is 0 Å². The third-order valence-corrected chi connectivity index (χ3v) is 3.99. The van der Waals surface area contributed by atoms with Crippen molar-refractivity contribution in [2.24, 2.45) is 5.92 Å². The normalized spacial score (nSPS) is 16.5. The molecule has 1 aliphatic rings. The van der Waals surface area contributed by atoms with Crippen molar-refractivity contribution in [1.82, 2.24) is 9.97 Å². The highest BCUT2D eigenvalue weighted by atomic mass is 16.2. The maximum atomic E-state index is 12.8. The van der Waals surface area contributed by atoms with Crippen LogP contribution in [0.3, 0.4) is 0 Å². The second-order valence-corrected chi connectivity index (χ2v) is 6.43. The molecule has 1 atom stereocenters. The number of nitrogens with one attached hydrogen (secondary N) is 1. The summed E-state index contributed by atoms with van der Waals surface area (Å²) in [7, 11) is 0. The van der Waals surface area contributed by atoms with Gasteiger partial charge in [-0.05, 0) is 30.9 Å². The van der Waals surface area contributed by atoms with Crippen molar-refractivity contribution in [3.05, 3.63) is 47.8 Å². The van der Waals surface area contributed by atoms with E-state index in [-0.39, 0.29) is 11.9 Å². The summed E-state index contributed by atoms with van der Waals surface area (Å²) in [6, 6.07) is 8.20. The van der Waals surface area contributed by atoms with Gasteiger partial charge < -0.3 is 10.2 Å². The highest BCUT2D eigenvalue weighted by Crippen LogP contribution is 2.32. The minimum atomic E-state index is -0.0436. The number of nitrogens with zero attached hydrogens (tertiary/aromatic N) is 3. The maximum Gasteiger partial charge on any atom is 0.261 e. The second-order valence-electron chi connectivity index (χ2n) is 6.43. The molecule has 0 saturated heterocycles. The fraction of sp³-hybridized carbons (Fsp3) is 0.389. The Morgan fingerprint density at radius 2 is 2.00 bits per heavy atom. The zero-order valence-corrected chi connectivity index (χ0v) is 13.8. The van der Waals surface area contributed by atoms with E-state index in [0.717, 1.165) is 18.7 Å². The SMILES string of the molecule is CC(C)CNc1ncc(C(=O)N2c3ccccc3CC2C)cn1. The molecule has 5 nitrogen and oxygen atoms in total. The molecule has 0 fully saturated rings. The topological polar surface area (TPSA) is 58.1 Å². The number of hydrogen-bond donors (Lipinski definition) is 1. The molecule has 1 unspecified atom stereocenters. The molecule has 1 aliphatic heterocycles. The van der Waals surface area contributed by atoms with Crippen LogP contribution in [0.5, 0.6) is 0 Å². The minimum absolute atomic E-state index is 0.0436. The zero-order chi connectivity index (χ0) is 16.4. The molecule has 0 aliphatic carbocycles. The predicted molar refractivity (Wildman–Crippen MR) is 91.8 cm³/mol. The highest BCUT2D eigenvalue weighted by molar-refractivity contribution is 6.07. The van der Waals surface area contributed by atoms with E-state index >= 15 is 0 Å². The third-order valence-electron chi connectivity index (χ3n) is 3.99. The molecule has 0 spiro atoms. The standard InChI is InChI=1S/C18H22N4O/c1-12(2)9-19-18-20-10-15(11-21-18)17(23)22-13(3)8-14-6-4-5-7-16(14)22/h4-7,10-13H,8-9H2,1-3H3,(H,19,20,21). The minimum Gasteiger partial charge on any atom is -0.354 e. The lowest BCUT2D eigenvalue weighted by Crippen LogP contribution is -2.35. The molecular formula is C18H22N4O. The summed E-state index contributed by atoms with van der Waals surface area (Å²) in [5.41, 5.74) is 2.72. The molecule has 0 saturated carbocycles. The van der Waals surface area contributed by atoms with Gasteiger partial charge in [0.2, 0.25) is 5.95 Å². The Morgan fingerprint density at radius 3 is 2.70 bits per heavy atom. The molecule has 1 N–H and O–H groups in total. The summed E-state index contributed by atoms with van der Waals surface area (Å²) in [5.74, 6) is 1.03. The Kier molecular flexibility index (Phi) is 4.28. The van der Waals surface area contributed by atoms with E-state index in [2.05, 4.69) is 42.1 Å². The van der Waals surface area contributed by atoms with Gasteiger partial charge in [0.15, 0.2) is 0 Å². The van der Waals surface area contributed by atoms with Crippen molar-refractivity contribution >= 4 is 17.5 Å². The first-order valence-electron chi connectivity index (χ1n) is 8.03. The van der Waals surface area contributed by atoms with Crippen LogP contribution in [0.1, 0.15) is 36.7 Å². The fourth-order valence-corrected chi connectivity index (χ4v) is 2.84. The Balaban J connectivity index is 1.78. The van der Waals surface area contributed by atoms with E-state index in [4.69, 9.17) is 0 Å². The highest BCUT2D eigenvalue weighted by Gasteiger charge is 2.31. The smallest absolute Gasteiger partial charge is 0.261 e. The lowest BCUT2D eigenvalue weighted by atomic mass is 10.1. The fourth-order valence-electron chi connectivity index (χ4n) is 2.84. The largest absolute Gasteiger partial charge is 0.354 e. The quantitative estimate of drug-likeness (QED) is 0.942. The van der Waals surface area contributed by atoms with Crippen molar-refractivity contribution in [3.63, 3.8) is 0 Å². The van der Waals surface area contributed by atoms with Gasteiger partial charge >= 0.3 is 0 Å². The molecule has 3 rings (SSSR count). The molecule has 2 heterocycles. The first-order valence-corrected chi connectivity index (χ1v) is 8.03. The zero-order valence-electron chi connectivity index (χ0n) is 13.8.